The summed E-state index contributed by atoms with van der Waals surface area (Å²) in [4.78, 5) is 21.5. The molecule has 0 aliphatic carbocycles. The zero-order valence-electron chi connectivity index (χ0n) is 15.0. The number of amides is 1. The first-order valence-corrected chi connectivity index (χ1v) is 9.32. The van der Waals surface area contributed by atoms with E-state index in [1.807, 2.05) is 42.2 Å². The van der Waals surface area contributed by atoms with Crippen molar-refractivity contribution >= 4 is 11.6 Å². The molecule has 0 spiro atoms. The Kier molecular flexibility index (Phi) is 6.04. The summed E-state index contributed by atoms with van der Waals surface area (Å²) in [6.07, 6.45) is 6.81. The second-order valence-corrected chi connectivity index (χ2v) is 6.61. The lowest BCUT2D eigenvalue weighted by Gasteiger charge is -2.24. The van der Waals surface area contributed by atoms with Crippen LogP contribution in [0.2, 0.25) is 0 Å². The number of carbonyl (C=O) groups is 1. The summed E-state index contributed by atoms with van der Waals surface area (Å²) < 4.78 is 0. The fourth-order valence-electron chi connectivity index (χ4n) is 3.35. The van der Waals surface area contributed by atoms with Gasteiger partial charge in [0.25, 0.3) is 5.91 Å². The number of carbonyl (C=O) groups excluding carboxylic acids is 1. The number of rotatable bonds is 5. The standard InChI is InChI=1S/C21H27N3O/c1-2-23(17-18-10-6-5-7-11-18)21(25)20-16-19(12-13-22-20)24-14-8-3-4-9-15-24/h5-7,10-13,16H,2-4,8-9,14-15,17H2,1H3. The molecule has 0 unspecified atom stereocenters. The molecule has 132 valence electrons. The van der Waals surface area contributed by atoms with Crippen LogP contribution in [0, 0.1) is 0 Å². The Hall–Kier alpha value is -2.36. The van der Waals surface area contributed by atoms with Gasteiger partial charge in [0.2, 0.25) is 0 Å². The molecule has 25 heavy (non-hydrogen) atoms. The van der Waals surface area contributed by atoms with Crippen LogP contribution in [-0.2, 0) is 6.54 Å². The van der Waals surface area contributed by atoms with Crippen molar-refractivity contribution in [1.29, 1.82) is 0 Å². The normalized spacial score (nSPS) is 14.8. The molecule has 2 aromatic rings. The van der Waals surface area contributed by atoms with Gasteiger partial charge in [-0.15, -0.1) is 0 Å². The molecule has 2 heterocycles. The Morgan fingerprint density at radius 2 is 1.80 bits per heavy atom. The van der Waals surface area contributed by atoms with Crippen LogP contribution in [0.5, 0.6) is 0 Å². The van der Waals surface area contributed by atoms with Crippen molar-refractivity contribution in [3.8, 4) is 0 Å². The smallest absolute Gasteiger partial charge is 0.272 e. The van der Waals surface area contributed by atoms with Crippen molar-refractivity contribution in [3.63, 3.8) is 0 Å². The van der Waals surface area contributed by atoms with E-state index in [1.54, 1.807) is 6.20 Å². The third-order valence-corrected chi connectivity index (χ3v) is 4.82. The predicted octanol–water partition coefficient (Wildman–Crippen LogP) is 4.12. The molecule has 1 aliphatic rings. The highest BCUT2D eigenvalue weighted by Crippen LogP contribution is 2.20. The van der Waals surface area contributed by atoms with E-state index in [9.17, 15) is 4.79 Å². The monoisotopic (exact) mass is 337 g/mol. The summed E-state index contributed by atoms with van der Waals surface area (Å²) >= 11 is 0. The molecule has 1 fully saturated rings. The minimum absolute atomic E-state index is 0.00280. The van der Waals surface area contributed by atoms with Crippen LogP contribution in [0.4, 0.5) is 5.69 Å². The van der Waals surface area contributed by atoms with Crippen molar-refractivity contribution in [2.24, 2.45) is 0 Å². The zero-order valence-corrected chi connectivity index (χ0v) is 15.0. The molecule has 0 bridgehead atoms. The van der Waals surface area contributed by atoms with E-state index in [0.717, 1.165) is 24.3 Å². The van der Waals surface area contributed by atoms with Crippen LogP contribution in [0.3, 0.4) is 0 Å². The third-order valence-electron chi connectivity index (χ3n) is 4.82. The van der Waals surface area contributed by atoms with Crippen LogP contribution < -0.4 is 4.90 Å². The minimum atomic E-state index is 0.00280. The highest BCUT2D eigenvalue weighted by Gasteiger charge is 2.18. The molecule has 0 atom stereocenters. The highest BCUT2D eigenvalue weighted by molar-refractivity contribution is 5.93. The van der Waals surface area contributed by atoms with Gasteiger partial charge < -0.3 is 9.80 Å². The number of anilines is 1. The van der Waals surface area contributed by atoms with Crippen molar-refractivity contribution in [2.45, 2.75) is 39.2 Å². The van der Waals surface area contributed by atoms with E-state index in [4.69, 9.17) is 0 Å². The highest BCUT2D eigenvalue weighted by atomic mass is 16.2. The predicted molar refractivity (Wildman–Crippen MR) is 102 cm³/mol. The Balaban J connectivity index is 1.75. The van der Waals surface area contributed by atoms with Gasteiger partial charge in [-0.2, -0.15) is 0 Å². The Morgan fingerprint density at radius 1 is 1.08 bits per heavy atom. The summed E-state index contributed by atoms with van der Waals surface area (Å²) in [7, 11) is 0. The SMILES string of the molecule is CCN(Cc1ccccc1)C(=O)c1cc(N2CCCCCC2)ccn1. The van der Waals surface area contributed by atoms with Crippen molar-refractivity contribution in [2.75, 3.05) is 24.5 Å². The van der Waals surface area contributed by atoms with Crippen molar-refractivity contribution < 1.29 is 4.79 Å². The van der Waals surface area contributed by atoms with E-state index >= 15 is 0 Å². The first-order valence-electron chi connectivity index (χ1n) is 9.32. The maximum atomic E-state index is 12.9. The largest absolute Gasteiger partial charge is 0.371 e. The maximum absolute atomic E-state index is 12.9. The molecule has 4 nitrogen and oxygen atoms in total. The molecule has 3 rings (SSSR count). The molecular weight excluding hydrogens is 310 g/mol. The second kappa shape index (κ2) is 8.65. The summed E-state index contributed by atoms with van der Waals surface area (Å²) in [6, 6.07) is 14.1. The number of aromatic nitrogens is 1. The van der Waals surface area contributed by atoms with E-state index in [1.165, 1.54) is 25.7 Å². The molecule has 0 N–H and O–H groups in total. The van der Waals surface area contributed by atoms with Crippen LogP contribution in [0.25, 0.3) is 0 Å². The number of hydrogen-bond acceptors (Lipinski definition) is 3. The maximum Gasteiger partial charge on any atom is 0.272 e. The second-order valence-electron chi connectivity index (χ2n) is 6.61. The number of hydrogen-bond donors (Lipinski definition) is 0. The lowest BCUT2D eigenvalue weighted by molar-refractivity contribution is 0.0746. The fourth-order valence-corrected chi connectivity index (χ4v) is 3.35. The lowest BCUT2D eigenvalue weighted by Crippen LogP contribution is -2.31. The van der Waals surface area contributed by atoms with E-state index in [-0.39, 0.29) is 5.91 Å². The van der Waals surface area contributed by atoms with Gasteiger partial charge >= 0.3 is 0 Å². The summed E-state index contributed by atoms with van der Waals surface area (Å²) in [5, 5.41) is 0. The number of benzene rings is 1. The van der Waals surface area contributed by atoms with E-state index in [0.29, 0.717) is 18.8 Å². The van der Waals surface area contributed by atoms with Gasteiger partial charge in [0, 0.05) is 38.1 Å². The number of nitrogens with zero attached hydrogens (tertiary/aromatic N) is 3. The van der Waals surface area contributed by atoms with Gasteiger partial charge in [0.15, 0.2) is 0 Å². The average molecular weight is 337 g/mol. The fraction of sp³-hybridized carbons (Fsp3) is 0.429. The van der Waals surface area contributed by atoms with Crippen LogP contribution in [0.15, 0.2) is 48.7 Å². The van der Waals surface area contributed by atoms with Crippen LogP contribution >= 0.6 is 0 Å². The first kappa shape index (κ1) is 17.5. The van der Waals surface area contributed by atoms with E-state index in [2.05, 4.69) is 22.0 Å². The van der Waals surface area contributed by atoms with Gasteiger partial charge in [-0.3, -0.25) is 9.78 Å². The molecule has 0 radical (unpaired) electrons. The summed E-state index contributed by atoms with van der Waals surface area (Å²) in [5.74, 6) is 0.00280. The number of pyridine rings is 1. The molecule has 0 saturated carbocycles. The van der Waals surface area contributed by atoms with E-state index < -0.39 is 0 Å². The summed E-state index contributed by atoms with van der Waals surface area (Å²) in [5.41, 5.74) is 2.80. The topological polar surface area (TPSA) is 36.4 Å². The molecule has 1 amide bonds. The quantitative estimate of drug-likeness (QED) is 0.823. The van der Waals surface area contributed by atoms with Crippen LogP contribution in [-0.4, -0.2) is 35.4 Å². The average Bonchev–Trinajstić information content (AvgIpc) is 2.96. The first-order chi connectivity index (χ1) is 12.3. The Labute approximate surface area is 150 Å². The van der Waals surface area contributed by atoms with Crippen molar-refractivity contribution in [3.05, 3.63) is 59.9 Å². The Morgan fingerprint density at radius 3 is 2.48 bits per heavy atom. The molecule has 1 aliphatic heterocycles. The molecule has 1 aromatic heterocycles. The molecule has 4 heteroatoms. The van der Waals surface area contributed by atoms with Gasteiger partial charge in [0.1, 0.15) is 5.69 Å². The van der Waals surface area contributed by atoms with Gasteiger partial charge in [0.05, 0.1) is 0 Å². The molecular formula is C21H27N3O. The molecule has 1 saturated heterocycles. The minimum Gasteiger partial charge on any atom is -0.371 e. The van der Waals surface area contributed by atoms with Gasteiger partial charge in [-0.1, -0.05) is 43.2 Å². The van der Waals surface area contributed by atoms with Gasteiger partial charge in [-0.05, 0) is 37.5 Å². The third kappa shape index (κ3) is 4.59. The Bertz CT molecular complexity index is 679. The van der Waals surface area contributed by atoms with Crippen molar-refractivity contribution in [1.82, 2.24) is 9.88 Å². The zero-order chi connectivity index (χ0) is 17.5. The summed E-state index contributed by atoms with van der Waals surface area (Å²) in [6.45, 7) is 5.44. The van der Waals surface area contributed by atoms with Gasteiger partial charge in [-0.25, -0.2) is 0 Å². The van der Waals surface area contributed by atoms with Crippen LogP contribution in [0.1, 0.15) is 48.7 Å². The molecule has 1 aromatic carbocycles. The lowest BCUT2D eigenvalue weighted by atomic mass is 10.2.